The van der Waals surface area contributed by atoms with Crippen LogP contribution in [0.3, 0.4) is 0 Å². The Kier molecular flexibility index (Phi) is 7.96. The van der Waals surface area contributed by atoms with E-state index >= 15 is 0 Å². The summed E-state index contributed by atoms with van der Waals surface area (Å²) in [5, 5.41) is 2.80. The van der Waals surface area contributed by atoms with Crippen LogP contribution in [-0.4, -0.2) is 38.6 Å². The van der Waals surface area contributed by atoms with Crippen molar-refractivity contribution in [2.75, 3.05) is 26.4 Å². The highest BCUT2D eigenvalue weighted by Crippen LogP contribution is 2.29. The summed E-state index contributed by atoms with van der Waals surface area (Å²) in [4.78, 5) is 10.9. The maximum Gasteiger partial charge on any atom is 0.216 e. The van der Waals surface area contributed by atoms with E-state index in [1.165, 1.54) is 44.6 Å². The zero-order valence-electron chi connectivity index (χ0n) is 16.5. The van der Waals surface area contributed by atoms with Gasteiger partial charge < -0.3 is 19.5 Å². The number of amides is 1. The van der Waals surface area contributed by atoms with Crippen LogP contribution in [0.4, 0.5) is 0 Å². The highest BCUT2D eigenvalue weighted by Gasteiger charge is 2.23. The molecule has 1 aliphatic heterocycles. The van der Waals surface area contributed by atoms with Crippen molar-refractivity contribution in [1.29, 1.82) is 0 Å². The number of hydrogen-bond acceptors (Lipinski definition) is 4. The van der Waals surface area contributed by atoms with E-state index in [0.717, 1.165) is 31.1 Å². The van der Waals surface area contributed by atoms with Crippen LogP contribution in [0.1, 0.15) is 63.4 Å². The molecule has 1 aromatic carbocycles. The second-order valence-electron chi connectivity index (χ2n) is 7.78. The molecule has 0 bridgehead atoms. The van der Waals surface area contributed by atoms with E-state index < -0.39 is 0 Å². The number of rotatable bonds is 9. The fourth-order valence-corrected chi connectivity index (χ4v) is 3.94. The molecule has 0 aromatic heterocycles. The third-order valence-corrected chi connectivity index (χ3v) is 5.56. The summed E-state index contributed by atoms with van der Waals surface area (Å²) < 4.78 is 17.7. The lowest BCUT2D eigenvalue weighted by molar-refractivity contribution is -0.190. The minimum atomic E-state index is -0.166. The van der Waals surface area contributed by atoms with Gasteiger partial charge in [0.15, 0.2) is 6.29 Å². The fourth-order valence-electron chi connectivity index (χ4n) is 3.94. The first kappa shape index (κ1) is 20.2. The Bertz CT molecular complexity index is 577. The Morgan fingerprint density at radius 3 is 2.70 bits per heavy atom. The second-order valence-corrected chi connectivity index (χ2v) is 7.78. The Balaban J connectivity index is 1.38. The van der Waals surface area contributed by atoms with Crippen LogP contribution in [0.2, 0.25) is 0 Å². The molecular formula is C22H33NO4. The van der Waals surface area contributed by atoms with Crippen LogP contribution < -0.4 is 10.1 Å². The van der Waals surface area contributed by atoms with Gasteiger partial charge in [0, 0.05) is 25.8 Å². The predicted octanol–water partition coefficient (Wildman–Crippen LogP) is 4.02. The molecule has 5 nitrogen and oxygen atoms in total. The quantitative estimate of drug-likeness (QED) is 0.663. The number of nitrogens with one attached hydrogen (secondary N) is 1. The van der Waals surface area contributed by atoms with Gasteiger partial charge in [0.05, 0.1) is 19.8 Å². The molecule has 1 saturated heterocycles. The van der Waals surface area contributed by atoms with Crippen LogP contribution >= 0.6 is 0 Å². The lowest BCUT2D eigenvalue weighted by Gasteiger charge is -2.30. The molecule has 1 aliphatic carbocycles. The van der Waals surface area contributed by atoms with Gasteiger partial charge in [-0.3, -0.25) is 4.79 Å². The molecule has 1 aromatic rings. The van der Waals surface area contributed by atoms with Crippen molar-refractivity contribution in [3.63, 3.8) is 0 Å². The smallest absolute Gasteiger partial charge is 0.216 e. The molecule has 27 heavy (non-hydrogen) atoms. The Labute approximate surface area is 162 Å². The highest BCUT2D eigenvalue weighted by atomic mass is 16.7. The second kappa shape index (κ2) is 10.7. The van der Waals surface area contributed by atoms with Crippen molar-refractivity contribution in [2.45, 2.75) is 64.1 Å². The van der Waals surface area contributed by atoms with Crippen molar-refractivity contribution >= 4 is 5.91 Å². The first-order valence-corrected chi connectivity index (χ1v) is 10.4. The molecule has 2 aliphatic rings. The molecule has 1 heterocycles. The van der Waals surface area contributed by atoms with Crippen molar-refractivity contribution in [3.05, 3.63) is 29.8 Å². The summed E-state index contributed by atoms with van der Waals surface area (Å²) in [6, 6.07) is 8.34. The molecule has 3 rings (SSSR count). The SMILES string of the molecule is CC(=O)NCCCC1OCC(c2cccc(OCCC3CCCC3)c2)CO1. The Morgan fingerprint density at radius 2 is 1.96 bits per heavy atom. The number of carbonyl (C=O) groups is 1. The third kappa shape index (κ3) is 6.82. The van der Waals surface area contributed by atoms with Crippen molar-refractivity contribution in [1.82, 2.24) is 5.32 Å². The minimum absolute atomic E-state index is 0.00545. The lowest BCUT2D eigenvalue weighted by Crippen LogP contribution is -2.31. The van der Waals surface area contributed by atoms with E-state index in [0.29, 0.717) is 19.8 Å². The van der Waals surface area contributed by atoms with Crippen LogP contribution in [-0.2, 0) is 14.3 Å². The summed E-state index contributed by atoms with van der Waals surface area (Å²) in [7, 11) is 0. The van der Waals surface area contributed by atoms with E-state index in [2.05, 4.69) is 23.5 Å². The number of benzene rings is 1. The van der Waals surface area contributed by atoms with Gasteiger partial charge in [-0.25, -0.2) is 0 Å². The predicted molar refractivity (Wildman–Crippen MR) is 105 cm³/mol. The van der Waals surface area contributed by atoms with Crippen molar-refractivity contribution in [3.8, 4) is 5.75 Å². The third-order valence-electron chi connectivity index (χ3n) is 5.56. The van der Waals surface area contributed by atoms with Gasteiger partial charge in [0.1, 0.15) is 5.75 Å². The number of ether oxygens (including phenoxy) is 3. The molecule has 150 valence electrons. The van der Waals surface area contributed by atoms with Crippen LogP contribution in [0.25, 0.3) is 0 Å². The average Bonchev–Trinajstić information content (AvgIpc) is 3.19. The maximum absolute atomic E-state index is 10.9. The molecule has 0 radical (unpaired) electrons. The van der Waals surface area contributed by atoms with Gasteiger partial charge in [-0.1, -0.05) is 37.8 Å². The highest BCUT2D eigenvalue weighted by molar-refractivity contribution is 5.72. The summed E-state index contributed by atoms with van der Waals surface area (Å²) in [5.74, 6) is 2.06. The van der Waals surface area contributed by atoms with Crippen LogP contribution in [0.15, 0.2) is 24.3 Å². The van der Waals surface area contributed by atoms with Gasteiger partial charge in [0.2, 0.25) is 5.91 Å². The monoisotopic (exact) mass is 375 g/mol. The lowest BCUT2D eigenvalue weighted by atomic mass is 10.00. The zero-order chi connectivity index (χ0) is 18.9. The summed E-state index contributed by atoms with van der Waals surface area (Å²) >= 11 is 0. The van der Waals surface area contributed by atoms with E-state index in [-0.39, 0.29) is 18.1 Å². The number of hydrogen-bond donors (Lipinski definition) is 1. The molecule has 0 atom stereocenters. The van der Waals surface area contributed by atoms with E-state index in [9.17, 15) is 4.79 Å². The largest absolute Gasteiger partial charge is 0.494 e. The first-order valence-electron chi connectivity index (χ1n) is 10.4. The van der Waals surface area contributed by atoms with Crippen LogP contribution in [0.5, 0.6) is 5.75 Å². The standard InChI is InChI=1S/C22H33NO4/c1-17(24)23-12-5-10-22-26-15-20(16-27-22)19-8-4-9-21(14-19)25-13-11-18-6-2-3-7-18/h4,8-9,14,18,20,22H,2-3,5-7,10-13,15-16H2,1H3,(H,23,24). The van der Waals surface area contributed by atoms with Gasteiger partial charge >= 0.3 is 0 Å². The molecule has 1 amide bonds. The van der Waals surface area contributed by atoms with Gasteiger partial charge in [-0.15, -0.1) is 0 Å². The fraction of sp³-hybridized carbons (Fsp3) is 0.682. The van der Waals surface area contributed by atoms with Gasteiger partial charge in [-0.05, 0) is 36.5 Å². The van der Waals surface area contributed by atoms with E-state index in [4.69, 9.17) is 14.2 Å². The zero-order valence-corrected chi connectivity index (χ0v) is 16.5. The minimum Gasteiger partial charge on any atom is -0.494 e. The Hall–Kier alpha value is -1.59. The molecule has 2 fully saturated rings. The van der Waals surface area contributed by atoms with Gasteiger partial charge in [0.25, 0.3) is 0 Å². The first-order chi connectivity index (χ1) is 13.2. The van der Waals surface area contributed by atoms with Crippen molar-refractivity contribution in [2.24, 2.45) is 5.92 Å². The molecule has 0 spiro atoms. The molecule has 1 saturated carbocycles. The van der Waals surface area contributed by atoms with Gasteiger partial charge in [-0.2, -0.15) is 0 Å². The normalized spacial score (nSPS) is 23.3. The maximum atomic E-state index is 10.9. The number of carbonyl (C=O) groups excluding carboxylic acids is 1. The van der Waals surface area contributed by atoms with Crippen LogP contribution in [0, 0.1) is 5.92 Å². The molecule has 1 N–H and O–H groups in total. The summed E-state index contributed by atoms with van der Waals surface area (Å²) in [6.45, 7) is 4.34. The molecule has 0 unspecified atom stereocenters. The topological polar surface area (TPSA) is 56.8 Å². The van der Waals surface area contributed by atoms with Crippen molar-refractivity contribution < 1.29 is 19.0 Å². The Morgan fingerprint density at radius 1 is 1.19 bits per heavy atom. The molecule has 5 heteroatoms. The van der Waals surface area contributed by atoms with E-state index in [1.54, 1.807) is 0 Å². The average molecular weight is 376 g/mol. The summed E-state index contributed by atoms with van der Waals surface area (Å²) in [6.07, 6.45) is 8.17. The summed E-state index contributed by atoms with van der Waals surface area (Å²) in [5.41, 5.74) is 1.21. The molecular weight excluding hydrogens is 342 g/mol. The van der Waals surface area contributed by atoms with E-state index in [1.807, 2.05) is 6.07 Å².